The Balaban J connectivity index is 2.04. The number of hydrogen-bond acceptors (Lipinski definition) is 6. The van der Waals surface area contributed by atoms with Crippen molar-refractivity contribution in [2.24, 2.45) is 0 Å². The van der Waals surface area contributed by atoms with Crippen LogP contribution in [0.4, 0.5) is 24.9 Å². The van der Waals surface area contributed by atoms with Crippen molar-refractivity contribution in [1.82, 2.24) is 20.2 Å². The van der Waals surface area contributed by atoms with Crippen molar-refractivity contribution in [1.29, 1.82) is 0 Å². The van der Waals surface area contributed by atoms with Crippen molar-refractivity contribution in [3.63, 3.8) is 0 Å². The van der Waals surface area contributed by atoms with E-state index in [2.05, 4.69) is 15.3 Å². The minimum atomic E-state index is -4.53. The van der Waals surface area contributed by atoms with Gasteiger partial charge in [0.05, 0.1) is 6.54 Å². The number of halogens is 3. The number of nitrogens with one attached hydrogen (secondary N) is 1. The third-order valence-corrected chi connectivity index (χ3v) is 4.04. The number of aromatic nitrogens is 2. The molecule has 1 saturated heterocycles. The van der Waals surface area contributed by atoms with Crippen LogP contribution >= 0.6 is 0 Å². The molecule has 0 spiro atoms. The number of nitrogens with zero attached hydrogens (tertiary/aromatic N) is 5. The van der Waals surface area contributed by atoms with E-state index in [0.29, 0.717) is 39.3 Å². The summed E-state index contributed by atoms with van der Waals surface area (Å²) in [4.78, 5) is 24.9. The summed E-state index contributed by atoms with van der Waals surface area (Å²) < 4.78 is 39.3. The van der Waals surface area contributed by atoms with Gasteiger partial charge >= 0.3 is 6.18 Å². The molecule has 2 heterocycles. The van der Waals surface area contributed by atoms with Gasteiger partial charge in [0.25, 0.3) is 0 Å². The van der Waals surface area contributed by atoms with Crippen LogP contribution in [-0.4, -0.2) is 74.1 Å². The lowest BCUT2D eigenvalue weighted by Crippen LogP contribution is -2.50. The van der Waals surface area contributed by atoms with Crippen LogP contribution in [0, 0.1) is 0 Å². The summed E-state index contributed by atoms with van der Waals surface area (Å²) in [7, 11) is 3.28. The summed E-state index contributed by atoms with van der Waals surface area (Å²) in [6.07, 6.45) is -3.65. The van der Waals surface area contributed by atoms with Crippen LogP contribution in [0.15, 0.2) is 6.07 Å². The molecule has 1 aliphatic heterocycles. The topological polar surface area (TPSA) is 64.6 Å². The first-order valence-electron chi connectivity index (χ1n) is 8.58. The molecule has 10 heteroatoms. The van der Waals surface area contributed by atoms with Crippen LogP contribution in [-0.2, 0) is 11.0 Å². The second-order valence-electron chi connectivity index (χ2n) is 6.42. The Bertz CT molecular complexity index is 614. The highest BCUT2D eigenvalue weighted by Gasteiger charge is 2.35. The Morgan fingerprint density at radius 3 is 2.42 bits per heavy atom. The molecule has 1 aliphatic rings. The standard InChI is InChI=1S/C16H25F3N6O/c1-4-5-20-14(26)11-24-6-8-25(9-7-24)15-21-12(16(17,18)19)10-13(22-15)23(2)3/h10H,4-9,11H2,1-3H3,(H,20,26). The molecule has 0 aliphatic carbocycles. The van der Waals surface area contributed by atoms with Crippen LogP contribution in [0.2, 0.25) is 0 Å². The highest BCUT2D eigenvalue weighted by molar-refractivity contribution is 5.78. The summed E-state index contributed by atoms with van der Waals surface area (Å²) in [6.45, 7) is 4.98. The number of hydrogen-bond donors (Lipinski definition) is 1. The Hall–Kier alpha value is -2.10. The van der Waals surface area contributed by atoms with E-state index in [0.717, 1.165) is 12.5 Å². The zero-order valence-corrected chi connectivity index (χ0v) is 15.3. The first-order valence-corrected chi connectivity index (χ1v) is 8.58. The maximum absolute atomic E-state index is 13.1. The normalized spacial score (nSPS) is 15.8. The fourth-order valence-electron chi connectivity index (χ4n) is 2.57. The molecule has 0 bridgehead atoms. The molecule has 1 N–H and O–H groups in total. The van der Waals surface area contributed by atoms with E-state index < -0.39 is 11.9 Å². The predicted octanol–water partition coefficient (Wildman–Crippen LogP) is 1.21. The van der Waals surface area contributed by atoms with Crippen LogP contribution in [0.1, 0.15) is 19.0 Å². The molecule has 146 valence electrons. The SMILES string of the molecule is CCCNC(=O)CN1CCN(c2nc(N(C)C)cc(C(F)(F)F)n2)CC1. The Labute approximate surface area is 151 Å². The Morgan fingerprint density at radius 2 is 1.88 bits per heavy atom. The largest absolute Gasteiger partial charge is 0.433 e. The van der Waals surface area contributed by atoms with Gasteiger partial charge in [-0.3, -0.25) is 9.69 Å². The zero-order chi connectivity index (χ0) is 19.3. The van der Waals surface area contributed by atoms with Gasteiger partial charge in [-0.15, -0.1) is 0 Å². The van der Waals surface area contributed by atoms with E-state index in [4.69, 9.17) is 0 Å². The van der Waals surface area contributed by atoms with Gasteiger partial charge in [-0.25, -0.2) is 4.98 Å². The molecule has 0 radical (unpaired) electrons. The Kier molecular flexibility index (Phi) is 6.63. The zero-order valence-electron chi connectivity index (χ0n) is 15.3. The van der Waals surface area contributed by atoms with Crippen LogP contribution < -0.4 is 15.1 Å². The maximum Gasteiger partial charge on any atom is 0.433 e. The second-order valence-corrected chi connectivity index (χ2v) is 6.42. The molecular weight excluding hydrogens is 349 g/mol. The highest BCUT2D eigenvalue weighted by atomic mass is 19.4. The average Bonchev–Trinajstić information content (AvgIpc) is 2.59. The first kappa shape index (κ1) is 20.2. The van der Waals surface area contributed by atoms with Crippen molar-refractivity contribution >= 4 is 17.7 Å². The van der Waals surface area contributed by atoms with Gasteiger partial charge in [0.1, 0.15) is 5.82 Å². The number of anilines is 2. The van der Waals surface area contributed by atoms with Crippen LogP contribution in [0.5, 0.6) is 0 Å². The minimum absolute atomic E-state index is 0.0366. The third kappa shape index (κ3) is 5.45. The van der Waals surface area contributed by atoms with Gasteiger partial charge < -0.3 is 15.1 Å². The number of carbonyl (C=O) groups excluding carboxylic acids is 1. The van der Waals surface area contributed by atoms with Crippen molar-refractivity contribution in [2.45, 2.75) is 19.5 Å². The summed E-state index contributed by atoms with van der Waals surface area (Å²) in [5, 5.41) is 2.82. The van der Waals surface area contributed by atoms with Gasteiger partial charge in [0.2, 0.25) is 11.9 Å². The number of amides is 1. The molecule has 0 unspecified atom stereocenters. The van der Waals surface area contributed by atoms with Crippen molar-refractivity contribution < 1.29 is 18.0 Å². The molecular formula is C16H25F3N6O. The van der Waals surface area contributed by atoms with Gasteiger partial charge in [-0.2, -0.15) is 18.2 Å². The highest BCUT2D eigenvalue weighted by Crippen LogP contribution is 2.31. The first-order chi connectivity index (χ1) is 12.2. The van der Waals surface area contributed by atoms with Crippen molar-refractivity contribution in [3.8, 4) is 0 Å². The van der Waals surface area contributed by atoms with E-state index in [1.807, 2.05) is 11.8 Å². The lowest BCUT2D eigenvalue weighted by Gasteiger charge is -2.34. The fourth-order valence-corrected chi connectivity index (χ4v) is 2.57. The summed E-state index contributed by atoms with van der Waals surface area (Å²) in [5.74, 6) is 0.243. The van der Waals surface area contributed by atoms with Gasteiger partial charge in [0.15, 0.2) is 5.69 Å². The molecule has 7 nitrogen and oxygen atoms in total. The molecule has 1 aromatic rings. The monoisotopic (exact) mass is 374 g/mol. The summed E-state index contributed by atoms with van der Waals surface area (Å²) in [6, 6.07) is 0.942. The lowest BCUT2D eigenvalue weighted by molar-refractivity contribution is -0.141. The van der Waals surface area contributed by atoms with E-state index in [1.165, 1.54) is 4.90 Å². The second kappa shape index (κ2) is 8.52. The van der Waals surface area contributed by atoms with Gasteiger partial charge in [-0.05, 0) is 6.42 Å². The van der Waals surface area contributed by atoms with Crippen molar-refractivity contribution in [2.75, 3.05) is 63.2 Å². The van der Waals surface area contributed by atoms with Crippen LogP contribution in [0.25, 0.3) is 0 Å². The van der Waals surface area contributed by atoms with Gasteiger partial charge in [-0.1, -0.05) is 6.92 Å². The van der Waals surface area contributed by atoms with Gasteiger partial charge in [0, 0.05) is 52.9 Å². The van der Waals surface area contributed by atoms with Crippen molar-refractivity contribution in [3.05, 3.63) is 11.8 Å². The third-order valence-electron chi connectivity index (χ3n) is 4.04. The van der Waals surface area contributed by atoms with E-state index >= 15 is 0 Å². The minimum Gasteiger partial charge on any atom is -0.363 e. The molecule has 26 heavy (non-hydrogen) atoms. The number of piperazine rings is 1. The smallest absolute Gasteiger partial charge is 0.363 e. The molecule has 0 atom stereocenters. The molecule has 1 aromatic heterocycles. The lowest BCUT2D eigenvalue weighted by atomic mass is 10.3. The quantitative estimate of drug-likeness (QED) is 0.808. The molecule has 1 fully saturated rings. The van der Waals surface area contributed by atoms with E-state index in [1.54, 1.807) is 19.0 Å². The molecule has 1 amide bonds. The number of carbonyl (C=O) groups is 1. The molecule has 0 saturated carbocycles. The summed E-state index contributed by atoms with van der Waals surface area (Å²) >= 11 is 0. The van der Waals surface area contributed by atoms with Crippen LogP contribution in [0.3, 0.4) is 0 Å². The van der Waals surface area contributed by atoms with E-state index in [-0.39, 0.29) is 17.7 Å². The molecule has 0 aromatic carbocycles. The maximum atomic E-state index is 13.1. The Morgan fingerprint density at radius 1 is 1.23 bits per heavy atom. The summed E-state index contributed by atoms with van der Waals surface area (Å²) in [5.41, 5.74) is -0.951. The van der Waals surface area contributed by atoms with E-state index in [9.17, 15) is 18.0 Å². The average molecular weight is 374 g/mol. The molecule has 2 rings (SSSR count). The number of alkyl halides is 3. The number of rotatable bonds is 6. The fraction of sp³-hybridized carbons (Fsp3) is 0.688. The predicted molar refractivity (Wildman–Crippen MR) is 93.3 cm³/mol.